The van der Waals surface area contributed by atoms with Crippen molar-refractivity contribution >= 4 is 19.8 Å². The van der Waals surface area contributed by atoms with Crippen molar-refractivity contribution in [2.45, 2.75) is 187 Å². The van der Waals surface area contributed by atoms with Crippen molar-refractivity contribution in [3.8, 4) is 0 Å². The van der Waals surface area contributed by atoms with Gasteiger partial charge in [0.05, 0.1) is 13.2 Å². The predicted octanol–water partition coefficient (Wildman–Crippen LogP) is 18.1. The van der Waals surface area contributed by atoms with Gasteiger partial charge in [-0.3, -0.25) is 18.6 Å². The van der Waals surface area contributed by atoms with Crippen LogP contribution in [0, 0.1) is 0 Å². The molecule has 3 N–H and O–H groups in total. The second kappa shape index (κ2) is 58.4. The van der Waals surface area contributed by atoms with Gasteiger partial charge in [-0.25, -0.2) is 4.57 Å². The van der Waals surface area contributed by atoms with Crippen LogP contribution < -0.4 is 5.73 Å². The number of allylic oxidation sites excluding steroid dienone is 30. The lowest BCUT2D eigenvalue weighted by Gasteiger charge is -2.19. The highest BCUT2D eigenvalue weighted by Crippen LogP contribution is 2.43. The molecule has 0 saturated carbocycles. The third-order valence-electron chi connectivity index (χ3n) is 10.8. The fourth-order valence-corrected chi connectivity index (χ4v) is 7.45. The molecule has 418 valence electrons. The molecule has 0 bridgehead atoms. The Balaban J connectivity index is 4.10. The van der Waals surface area contributed by atoms with Crippen LogP contribution in [0.5, 0.6) is 0 Å². The van der Waals surface area contributed by atoms with Crippen molar-refractivity contribution < 1.29 is 37.6 Å². The molecule has 0 aromatic carbocycles. The zero-order valence-electron chi connectivity index (χ0n) is 46.4. The van der Waals surface area contributed by atoms with Gasteiger partial charge in [-0.1, -0.05) is 215 Å². The normalized spacial score (nSPS) is 14.5. The fourth-order valence-electron chi connectivity index (χ4n) is 6.69. The molecule has 0 amide bonds. The SMILES string of the molecule is CC/C=C\C/C=C\C/C=C\C/C=C\C/C=C\C/C=C\C/C=C\C/C=C\C/C=C\C/C=C\C/C=C\CCCCCCCC(=O)OC(COC(=O)CCCC/C=C\C/C=C\C/C=C\C/C=C\CC)COP(=O)(O)OCCN. The Morgan fingerprint density at radius 3 is 1.05 bits per heavy atom. The summed E-state index contributed by atoms with van der Waals surface area (Å²) < 4.78 is 32.9. The molecule has 0 fully saturated rings. The summed E-state index contributed by atoms with van der Waals surface area (Å²) in [6, 6.07) is 0. The first kappa shape index (κ1) is 70.1. The van der Waals surface area contributed by atoms with Gasteiger partial charge in [0.1, 0.15) is 6.61 Å². The smallest absolute Gasteiger partial charge is 0.462 e. The van der Waals surface area contributed by atoms with E-state index in [9.17, 15) is 19.0 Å². The topological polar surface area (TPSA) is 134 Å². The summed E-state index contributed by atoms with van der Waals surface area (Å²) in [7, 11) is -4.41. The Morgan fingerprint density at radius 2 is 0.693 bits per heavy atom. The lowest BCUT2D eigenvalue weighted by molar-refractivity contribution is -0.161. The number of phosphoric acid groups is 1. The number of ether oxygens (including phenoxy) is 2. The van der Waals surface area contributed by atoms with Crippen LogP contribution in [0.15, 0.2) is 182 Å². The minimum atomic E-state index is -4.41. The van der Waals surface area contributed by atoms with Crippen molar-refractivity contribution in [3.05, 3.63) is 182 Å². The van der Waals surface area contributed by atoms with E-state index < -0.39 is 32.5 Å². The second-order valence-electron chi connectivity index (χ2n) is 17.7. The van der Waals surface area contributed by atoms with E-state index in [1.54, 1.807) is 0 Å². The highest BCUT2D eigenvalue weighted by Gasteiger charge is 2.26. The molecular weight excluding hydrogens is 954 g/mol. The largest absolute Gasteiger partial charge is 0.472 e. The number of carbonyl (C=O) groups is 2. The number of nitrogens with two attached hydrogens (primary N) is 1. The van der Waals surface area contributed by atoms with Gasteiger partial charge in [-0.15, -0.1) is 0 Å². The molecule has 0 spiro atoms. The first-order valence-electron chi connectivity index (χ1n) is 28.3. The average molecular weight is 1050 g/mol. The van der Waals surface area contributed by atoms with Gasteiger partial charge >= 0.3 is 19.8 Å². The summed E-state index contributed by atoms with van der Waals surface area (Å²) in [5, 5.41) is 0. The van der Waals surface area contributed by atoms with Crippen LogP contribution in [0.3, 0.4) is 0 Å². The number of esters is 2. The summed E-state index contributed by atoms with van der Waals surface area (Å²) in [4.78, 5) is 35.1. The number of carbonyl (C=O) groups excluding carboxylic acids is 2. The standard InChI is InChI=1S/C65H100NO8P/c1-3-5-7-9-11-13-15-17-19-20-21-22-23-24-25-26-27-28-29-30-31-32-33-34-35-36-37-38-39-40-41-42-44-46-48-50-52-54-56-58-65(68)74-63(62-73-75(69,70)72-60-59-66)61-71-64(67)57-55-53-51-49-47-45-43-18-16-14-12-10-8-6-4-2/h5-8,11-14,17-19,21-22,24-25,27-28,30-31,33-34,36-37,39-40,42-44,47,49,63H,3-4,9-10,15-16,20,23,26,29,32,35,38,41,45-46,48,50-62,66H2,1-2H3,(H,69,70)/b7-5-,8-6-,13-11-,14-12-,19-17-,22-21-,25-24-,28-27-,31-30-,34-33-,37-36-,40-39-,43-18-,44-42-,49-47-. The molecule has 0 saturated heterocycles. The Morgan fingerprint density at radius 1 is 0.400 bits per heavy atom. The van der Waals surface area contributed by atoms with Crippen molar-refractivity contribution in [1.82, 2.24) is 0 Å². The Hall–Kier alpha value is -4.89. The molecule has 0 aromatic rings. The summed E-state index contributed by atoms with van der Waals surface area (Å²) >= 11 is 0. The maximum absolute atomic E-state index is 12.7. The van der Waals surface area contributed by atoms with E-state index in [2.05, 4.69) is 196 Å². The Kier molecular flexibility index (Phi) is 54.6. The first-order chi connectivity index (χ1) is 36.8. The van der Waals surface area contributed by atoms with Crippen LogP contribution in [0.2, 0.25) is 0 Å². The molecule has 0 aliphatic heterocycles. The molecule has 0 rings (SSSR count). The third-order valence-corrected chi connectivity index (χ3v) is 11.8. The van der Waals surface area contributed by atoms with E-state index >= 15 is 0 Å². The number of hydrogen-bond acceptors (Lipinski definition) is 8. The quantitative estimate of drug-likeness (QED) is 0.0264. The first-order valence-corrected chi connectivity index (χ1v) is 29.8. The number of rotatable bonds is 50. The minimum absolute atomic E-state index is 0.0336. The summed E-state index contributed by atoms with van der Waals surface area (Å²) in [5.41, 5.74) is 5.36. The molecule has 0 aliphatic carbocycles. The zero-order valence-corrected chi connectivity index (χ0v) is 47.3. The highest BCUT2D eigenvalue weighted by molar-refractivity contribution is 7.47. The number of hydrogen-bond donors (Lipinski definition) is 2. The van der Waals surface area contributed by atoms with Gasteiger partial charge in [-0.05, 0) is 135 Å². The average Bonchev–Trinajstić information content (AvgIpc) is 3.40. The molecule has 0 radical (unpaired) electrons. The summed E-state index contributed by atoms with van der Waals surface area (Å²) in [6.45, 7) is 3.40. The molecular formula is C65H100NO8P. The van der Waals surface area contributed by atoms with Gasteiger partial charge in [0.25, 0.3) is 0 Å². The number of phosphoric ester groups is 1. The van der Waals surface area contributed by atoms with E-state index in [1.165, 1.54) is 0 Å². The molecule has 0 aliphatic rings. The van der Waals surface area contributed by atoms with Crippen molar-refractivity contribution in [2.24, 2.45) is 5.73 Å². The van der Waals surface area contributed by atoms with Crippen molar-refractivity contribution in [3.63, 3.8) is 0 Å². The lowest BCUT2D eigenvalue weighted by atomic mass is 10.1. The molecule has 9 nitrogen and oxygen atoms in total. The fraction of sp³-hybridized carbons (Fsp3) is 0.508. The van der Waals surface area contributed by atoms with Crippen molar-refractivity contribution in [2.75, 3.05) is 26.4 Å². The van der Waals surface area contributed by atoms with E-state index in [-0.39, 0.29) is 32.6 Å². The van der Waals surface area contributed by atoms with Gasteiger partial charge in [0, 0.05) is 19.4 Å². The van der Waals surface area contributed by atoms with Crippen LogP contribution in [0.4, 0.5) is 0 Å². The van der Waals surface area contributed by atoms with E-state index in [0.29, 0.717) is 12.8 Å². The second-order valence-corrected chi connectivity index (χ2v) is 19.1. The third kappa shape index (κ3) is 58.2. The molecule has 2 atom stereocenters. The Bertz CT molecular complexity index is 1870. The zero-order chi connectivity index (χ0) is 54.5. The van der Waals surface area contributed by atoms with Crippen LogP contribution in [-0.4, -0.2) is 49.3 Å². The molecule has 75 heavy (non-hydrogen) atoms. The molecule has 2 unspecified atom stereocenters. The van der Waals surface area contributed by atoms with E-state index in [0.717, 1.165) is 141 Å². The van der Waals surface area contributed by atoms with Gasteiger partial charge in [0.2, 0.25) is 0 Å². The maximum atomic E-state index is 12.7. The van der Waals surface area contributed by atoms with E-state index in [1.807, 2.05) is 0 Å². The van der Waals surface area contributed by atoms with E-state index in [4.69, 9.17) is 24.3 Å². The summed E-state index contributed by atoms with van der Waals surface area (Å²) in [5.74, 6) is -0.918. The van der Waals surface area contributed by atoms with Crippen molar-refractivity contribution in [1.29, 1.82) is 0 Å². The maximum Gasteiger partial charge on any atom is 0.472 e. The highest BCUT2D eigenvalue weighted by atomic mass is 31.2. The van der Waals surface area contributed by atoms with Crippen LogP contribution >= 0.6 is 7.82 Å². The predicted molar refractivity (Wildman–Crippen MR) is 320 cm³/mol. The Labute approximate surface area is 456 Å². The minimum Gasteiger partial charge on any atom is -0.462 e. The van der Waals surface area contributed by atoms with Crippen LogP contribution in [0.1, 0.15) is 181 Å². The molecule has 0 heterocycles. The lowest BCUT2D eigenvalue weighted by Crippen LogP contribution is -2.29. The number of unbranched alkanes of at least 4 members (excludes halogenated alkanes) is 7. The van der Waals surface area contributed by atoms with Gasteiger partial charge in [-0.2, -0.15) is 0 Å². The van der Waals surface area contributed by atoms with Crippen LogP contribution in [0.25, 0.3) is 0 Å². The molecule has 0 aromatic heterocycles. The van der Waals surface area contributed by atoms with Gasteiger partial charge < -0.3 is 20.1 Å². The summed E-state index contributed by atoms with van der Waals surface area (Å²) in [6.07, 6.45) is 88.1. The van der Waals surface area contributed by atoms with Crippen LogP contribution in [-0.2, 0) is 32.7 Å². The van der Waals surface area contributed by atoms with Gasteiger partial charge in [0.15, 0.2) is 6.10 Å². The monoisotopic (exact) mass is 1050 g/mol. The molecule has 10 heteroatoms.